The zero-order chi connectivity index (χ0) is 35.8. The fourth-order valence-electron chi connectivity index (χ4n) is 5.81. The highest BCUT2D eigenvalue weighted by Gasteiger charge is 2.34. The molecular weight excluding hydrogens is 669 g/mol. The monoisotopic (exact) mass is 716 g/mol. The molecule has 0 bridgehead atoms. The number of carbonyl (C=O) groups is 1. The second-order valence-corrected chi connectivity index (χ2v) is 17.0. The van der Waals surface area contributed by atoms with Gasteiger partial charge in [0.25, 0.3) is 0 Å². The molecule has 1 heterocycles. The summed E-state index contributed by atoms with van der Waals surface area (Å²) in [7, 11) is -8.01. The number of aliphatic hydroxyl groups is 1. The summed E-state index contributed by atoms with van der Waals surface area (Å²) in [5, 5.41) is 34.0. The third-order valence-electron chi connectivity index (χ3n) is 8.52. The van der Waals surface area contributed by atoms with E-state index >= 15 is 0 Å². The molecule has 1 fully saturated rings. The Morgan fingerprint density at radius 3 is 1.98 bits per heavy atom. The van der Waals surface area contributed by atoms with Crippen LogP contribution in [0.5, 0.6) is 11.5 Å². The van der Waals surface area contributed by atoms with Crippen LogP contribution in [0.4, 0.5) is 0 Å². The van der Waals surface area contributed by atoms with Crippen molar-refractivity contribution in [1.82, 2.24) is 18.8 Å². The SMILES string of the molecule is CC(C)CN(C[C@@H](O)[C@H](Cc1ccccc1)NC(=O)[C@H](C)CS(=O)(=O)N1CCN(Cc2ccccc2)CC1)S(=O)(=O)c1ccc(O)c(O)c1. The van der Waals surface area contributed by atoms with Crippen LogP contribution in [0, 0.1) is 11.8 Å². The molecule has 49 heavy (non-hydrogen) atoms. The molecule has 3 aromatic carbocycles. The number of nitrogens with one attached hydrogen (secondary N) is 1. The van der Waals surface area contributed by atoms with E-state index in [1.165, 1.54) is 17.3 Å². The zero-order valence-corrected chi connectivity index (χ0v) is 29.9. The van der Waals surface area contributed by atoms with Gasteiger partial charge >= 0.3 is 0 Å². The van der Waals surface area contributed by atoms with Gasteiger partial charge in [-0.1, -0.05) is 81.4 Å². The van der Waals surface area contributed by atoms with Crippen LogP contribution in [-0.2, 0) is 37.8 Å². The van der Waals surface area contributed by atoms with E-state index in [0.717, 1.165) is 34.1 Å². The Kier molecular flexibility index (Phi) is 13.2. The minimum atomic E-state index is -4.24. The van der Waals surface area contributed by atoms with Gasteiger partial charge in [0.2, 0.25) is 26.0 Å². The normalized spacial score (nSPS) is 16.8. The second-order valence-electron chi connectivity index (χ2n) is 13.1. The number of carbonyl (C=O) groups excluding carboxylic acids is 1. The standard InChI is InChI=1S/C35H48N4O8S2/c1-26(2)22-39(49(46,47)30-14-15-32(40)33(41)21-30)24-34(42)31(20-28-10-6-4-7-11-28)36-35(43)27(3)25-48(44,45)38-18-16-37(17-19-38)23-29-12-8-5-9-13-29/h4-15,21,26-27,31,34,40-42H,16-20,22-25H2,1-3H3,(H,36,43)/t27-,31+,34-/m1/s1. The van der Waals surface area contributed by atoms with E-state index in [9.17, 15) is 36.9 Å². The van der Waals surface area contributed by atoms with Crippen molar-refractivity contribution in [2.24, 2.45) is 11.8 Å². The van der Waals surface area contributed by atoms with Crippen molar-refractivity contribution in [2.45, 2.75) is 50.8 Å². The first-order valence-corrected chi connectivity index (χ1v) is 19.5. The molecule has 1 saturated heterocycles. The fraction of sp³-hybridized carbons (Fsp3) is 0.457. The van der Waals surface area contributed by atoms with Gasteiger partial charge in [-0.2, -0.15) is 8.61 Å². The Bertz CT molecular complexity index is 1730. The molecule has 4 N–H and O–H groups in total. The topological polar surface area (TPSA) is 168 Å². The van der Waals surface area contributed by atoms with E-state index < -0.39 is 61.3 Å². The third kappa shape index (κ3) is 10.7. The van der Waals surface area contributed by atoms with Crippen LogP contribution in [0.1, 0.15) is 31.9 Å². The van der Waals surface area contributed by atoms with Crippen LogP contribution >= 0.6 is 0 Å². The summed E-state index contributed by atoms with van der Waals surface area (Å²) in [5.41, 5.74) is 1.93. The number of phenols is 2. The van der Waals surface area contributed by atoms with Gasteiger partial charge < -0.3 is 20.6 Å². The van der Waals surface area contributed by atoms with Crippen molar-refractivity contribution in [3.05, 3.63) is 90.0 Å². The summed E-state index contributed by atoms with van der Waals surface area (Å²) in [5.74, 6) is -3.15. The first-order valence-electron chi connectivity index (χ1n) is 16.4. The van der Waals surface area contributed by atoms with Gasteiger partial charge in [-0.05, 0) is 35.6 Å². The first-order chi connectivity index (χ1) is 23.2. The molecule has 0 aromatic heterocycles. The van der Waals surface area contributed by atoms with Crippen molar-refractivity contribution >= 4 is 26.0 Å². The number of aliphatic hydroxyl groups excluding tert-OH is 1. The number of piperazine rings is 1. The molecule has 14 heteroatoms. The van der Waals surface area contributed by atoms with E-state index in [4.69, 9.17) is 0 Å². The molecule has 0 unspecified atom stereocenters. The van der Waals surface area contributed by atoms with Crippen molar-refractivity contribution in [2.75, 3.05) is 45.0 Å². The van der Waals surface area contributed by atoms with E-state index in [-0.39, 0.29) is 30.3 Å². The van der Waals surface area contributed by atoms with E-state index in [0.29, 0.717) is 26.2 Å². The number of hydrogen-bond acceptors (Lipinski definition) is 9. The number of benzene rings is 3. The van der Waals surface area contributed by atoms with Crippen molar-refractivity contribution in [3.8, 4) is 11.5 Å². The Balaban J connectivity index is 1.45. The smallest absolute Gasteiger partial charge is 0.243 e. The molecule has 0 spiro atoms. The lowest BCUT2D eigenvalue weighted by Gasteiger charge is -2.34. The van der Waals surface area contributed by atoms with Gasteiger partial charge in [-0.15, -0.1) is 0 Å². The van der Waals surface area contributed by atoms with Crippen molar-refractivity contribution in [1.29, 1.82) is 0 Å². The maximum absolute atomic E-state index is 13.7. The molecule has 3 aromatic rings. The molecule has 1 aliphatic rings. The number of aromatic hydroxyl groups is 2. The number of amides is 1. The lowest BCUT2D eigenvalue weighted by atomic mass is 10.00. The van der Waals surface area contributed by atoms with E-state index in [1.54, 1.807) is 0 Å². The first kappa shape index (κ1) is 38.3. The highest BCUT2D eigenvalue weighted by atomic mass is 32.2. The number of rotatable bonds is 16. The number of nitrogens with zero attached hydrogens (tertiary/aromatic N) is 3. The van der Waals surface area contributed by atoms with E-state index in [1.807, 2.05) is 74.5 Å². The van der Waals surface area contributed by atoms with Gasteiger partial charge in [-0.3, -0.25) is 9.69 Å². The number of hydrogen-bond donors (Lipinski definition) is 4. The van der Waals surface area contributed by atoms with Crippen LogP contribution in [0.2, 0.25) is 0 Å². The molecule has 0 radical (unpaired) electrons. The van der Waals surface area contributed by atoms with Gasteiger partial charge in [0, 0.05) is 51.9 Å². The van der Waals surface area contributed by atoms with Crippen LogP contribution < -0.4 is 5.32 Å². The predicted molar refractivity (Wildman–Crippen MR) is 188 cm³/mol. The van der Waals surface area contributed by atoms with Crippen molar-refractivity contribution in [3.63, 3.8) is 0 Å². The summed E-state index contributed by atoms with van der Waals surface area (Å²) in [6.45, 7) is 7.30. The quantitative estimate of drug-likeness (QED) is 0.163. The number of phenolic OH excluding ortho intramolecular Hbond substituents is 2. The molecule has 0 aliphatic carbocycles. The largest absolute Gasteiger partial charge is 0.504 e. The predicted octanol–water partition coefficient (Wildman–Crippen LogP) is 2.62. The van der Waals surface area contributed by atoms with E-state index in [2.05, 4.69) is 10.2 Å². The summed E-state index contributed by atoms with van der Waals surface area (Å²) in [4.78, 5) is 15.4. The Morgan fingerprint density at radius 2 is 1.41 bits per heavy atom. The van der Waals surface area contributed by atoms with Gasteiger partial charge in [0.15, 0.2) is 11.5 Å². The Labute approximate surface area is 290 Å². The molecular formula is C35H48N4O8S2. The maximum atomic E-state index is 13.7. The summed E-state index contributed by atoms with van der Waals surface area (Å²) < 4.78 is 56.6. The van der Waals surface area contributed by atoms with Gasteiger partial charge in [-0.25, -0.2) is 16.8 Å². The lowest BCUT2D eigenvalue weighted by Crippen LogP contribution is -2.53. The molecule has 1 amide bonds. The molecule has 0 saturated carbocycles. The van der Waals surface area contributed by atoms with Crippen LogP contribution in [0.25, 0.3) is 0 Å². The minimum Gasteiger partial charge on any atom is -0.504 e. The third-order valence-corrected chi connectivity index (χ3v) is 12.4. The number of sulfonamides is 2. The van der Waals surface area contributed by atoms with Crippen molar-refractivity contribution < 1.29 is 36.9 Å². The van der Waals surface area contributed by atoms with Crippen LogP contribution in [0.15, 0.2) is 83.8 Å². The molecule has 4 rings (SSSR count). The molecule has 12 nitrogen and oxygen atoms in total. The molecule has 268 valence electrons. The van der Waals surface area contributed by atoms with Crippen LogP contribution in [-0.4, -0.2) is 109 Å². The highest BCUT2D eigenvalue weighted by Crippen LogP contribution is 2.29. The average molecular weight is 717 g/mol. The highest BCUT2D eigenvalue weighted by molar-refractivity contribution is 7.89. The summed E-state index contributed by atoms with van der Waals surface area (Å²) in [6.07, 6.45) is -1.23. The summed E-state index contributed by atoms with van der Waals surface area (Å²) >= 11 is 0. The van der Waals surface area contributed by atoms with Gasteiger partial charge in [0.05, 0.1) is 28.7 Å². The zero-order valence-electron chi connectivity index (χ0n) is 28.2. The lowest BCUT2D eigenvalue weighted by molar-refractivity contribution is -0.125. The van der Waals surface area contributed by atoms with Crippen LogP contribution in [0.3, 0.4) is 0 Å². The Hall–Kier alpha value is -3.53. The maximum Gasteiger partial charge on any atom is 0.243 e. The Morgan fingerprint density at radius 1 is 0.816 bits per heavy atom. The summed E-state index contributed by atoms with van der Waals surface area (Å²) in [6, 6.07) is 21.3. The fourth-order valence-corrected chi connectivity index (χ4v) is 9.16. The minimum absolute atomic E-state index is 0.0281. The average Bonchev–Trinajstić information content (AvgIpc) is 3.06. The molecule has 1 aliphatic heterocycles. The van der Waals surface area contributed by atoms with Gasteiger partial charge in [0.1, 0.15) is 0 Å². The second kappa shape index (κ2) is 16.9. The molecule has 3 atom stereocenters.